The summed E-state index contributed by atoms with van der Waals surface area (Å²) in [4.78, 5) is 0. The Labute approximate surface area is 127 Å². The molecule has 1 aromatic carbocycles. The number of ether oxygens (including phenoxy) is 3. The summed E-state index contributed by atoms with van der Waals surface area (Å²) in [6.07, 6.45) is -1.37. The molecule has 0 radical (unpaired) electrons. The molecule has 20 heavy (non-hydrogen) atoms. The average Bonchev–Trinajstić information content (AvgIpc) is 2.42. The van der Waals surface area contributed by atoms with Gasteiger partial charge in [0.05, 0.1) is 25.9 Å². The quantitative estimate of drug-likeness (QED) is 0.667. The minimum atomic E-state index is -0.725. The van der Waals surface area contributed by atoms with Crippen LogP contribution in [0.3, 0.4) is 0 Å². The monoisotopic (exact) mass is 348 g/mol. The van der Waals surface area contributed by atoms with Gasteiger partial charge in [0.15, 0.2) is 0 Å². The van der Waals surface area contributed by atoms with Crippen LogP contribution in [0, 0.1) is 0 Å². The van der Waals surface area contributed by atoms with E-state index in [0.717, 1.165) is 4.47 Å². The van der Waals surface area contributed by atoms with Crippen molar-refractivity contribution in [3.05, 3.63) is 28.2 Å². The summed E-state index contributed by atoms with van der Waals surface area (Å²) in [7, 11) is 1.59. The normalized spacial score (nSPS) is 14.1. The van der Waals surface area contributed by atoms with E-state index in [-0.39, 0.29) is 13.2 Å². The molecule has 5 nitrogen and oxygen atoms in total. The third kappa shape index (κ3) is 6.19. The standard InChI is InChI=1S/C14H21BrO5/c1-10(16)13-7-11(15)3-4-14(13)20-9-12(17)8-19-6-5-18-2/h3-4,7,10,12,16-17H,5-6,8-9H2,1-2H3/t10-,12?/m0/s1. The van der Waals surface area contributed by atoms with Crippen LogP contribution in [0.2, 0.25) is 0 Å². The van der Waals surface area contributed by atoms with Gasteiger partial charge in [-0.25, -0.2) is 0 Å². The van der Waals surface area contributed by atoms with Gasteiger partial charge in [-0.15, -0.1) is 0 Å². The maximum Gasteiger partial charge on any atom is 0.125 e. The minimum absolute atomic E-state index is 0.105. The zero-order chi connectivity index (χ0) is 15.0. The Morgan fingerprint density at radius 1 is 1.20 bits per heavy atom. The maximum atomic E-state index is 9.73. The number of benzene rings is 1. The Hall–Kier alpha value is -0.660. The van der Waals surface area contributed by atoms with E-state index in [9.17, 15) is 10.2 Å². The molecule has 0 fully saturated rings. The highest BCUT2D eigenvalue weighted by Gasteiger charge is 2.12. The molecule has 2 N–H and O–H groups in total. The van der Waals surface area contributed by atoms with Crippen LogP contribution in [-0.2, 0) is 9.47 Å². The van der Waals surface area contributed by atoms with E-state index in [4.69, 9.17) is 14.2 Å². The van der Waals surface area contributed by atoms with Crippen LogP contribution in [0.1, 0.15) is 18.6 Å². The maximum absolute atomic E-state index is 9.73. The molecule has 1 unspecified atom stereocenters. The van der Waals surface area contributed by atoms with Gasteiger partial charge in [0.25, 0.3) is 0 Å². The summed E-state index contributed by atoms with van der Waals surface area (Å²) in [5.74, 6) is 0.555. The summed E-state index contributed by atoms with van der Waals surface area (Å²) in [6.45, 7) is 2.88. The van der Waals surface area contributed by atoms with Gasteiger partial charge in [-0.1, -0.05) is 15.9 Å². The van der Waals surface area contributed by atoms with E-state index in [1.165, 1.54) is 0 Å². The molecular formula is C14H21BrO5. The average molecular weight is 349 g/mol. The molecule has 0 aliphatic carbocycles. The first kappa shape index (κ1) is 17.4. The molecule has 1 aromatic rings. The van der Waals surface area contributed by atoms with Crippen molar-refractivity contribution in [3.63, 3.8) is 0 Å². The van der Waals surface area contributed by atoms with Gasteiger partial charge in [-0.3, -0.25) is 0 Å². The molecule has 0 heterocycles. The Balaban J connectivity index is 2.44. The SMILES string of the molecule is COCCOCC(O)COc1ccc(Br)cc1[C@H](C)O. The number of rotatable bonds is 9. The fraction of sp³-hybridized carbons (Fsp3) is 0.571. The number of aliphatic hydroxyl groups excluding tert-OH is 2. The van der Waals surface area contributed by atoms with Crippen LogP contribution in [-0.4, -0.2) is 49.9 Å². The van der Waals surface area contributed by atoms with E-state index < -0.39 is 12.2 Å². The van der Waals surface area contributed by atoms with Crippen molar-refractivity contribution in [1.82, 2.24) is 0 Å². The van der Waals surface area contributed by atoms with Crippen LogP contribution in [0.15, 0.2) is 22.7 Å². The topological polar surface area (TPSA) is 68.2 Å². The fourth-order valence-electron chi connectivity index (χ4n) is 1.57. The van der Waals surface area contributed by atoms with Gasteiger partial charge in [0.1, 0.15) is 18.5 Å². The lowest BCUT2D eigenvalue weighted by molar-refractivity contribution is -0.00460. The number of hydrogen-bond acceptors (Lipinski definition) is 5. The Morgan fingerprint density at radius 2 is 1.95 bits per heavy atom. The molecule has 114 valence electrons. The summed E-state index contributed by atoms with van der Waals surface area (Å²) in [5.41, 5.74) is 0.673. The van der Waals surface area contributed by atoms with Crippen molar-refractivity contribution in [2.75, 3.05) is 33.5 Å². The molecule has 1 rings (SSSR count). The lowest BCUT2D eigenvalue weighted by Gasteiger charge is -2.16. The molecule has 0 spiro atoms. The van der Waals surface area contributed by atoms with Crippen LogP contribution in [0.4, 0.5) is 0 Å². The lowest BCUT2D eigenvalue weighted by atomic mass is 10.1. The third-order valence-electron chi connectivity index (χ3n) is 2.60. The molecule has 0 amide bonds. The predicted molar refractivity (Wildman–Crippen MR) is 79.0 cm³/mol. The number of halogens is 1. The highest BCUT2D eigenvalue weighted by molar-refractivity contribution is 9.10. The first-order valence-electron chi connectivity index (χ1n) is 6.39. The molecule has 0 aromatic heterocycles. The summed E-state index contributed by atoms with van der Waals surface area (Å²) in [6, 6.07) is 5.37. The molecule has 0 saturated heterocycles. The largest absolute Gasteiger partial charge is 0.490 e. The van der Waals surface area contributed by atoms with Gasteiger partial charge in [-0.05, 0) is 25.1 Å². The van der Waals surface area contributed by atoms with Crippen molar-refractivity contribution in [2.45, 2.75) is 19.1 Å². The van der Waals surface area contributed by atoms with E-state index in [0.29, 0.717) is 24.5 Å². The molecule has 0 aliphatic rings. The number of hydrogen-bond donors (Lipinski definition) is 2. The smallest absolute Gasteiger partial charge is 0.125 e. The van der Waals surface area contributed by atoms with E-state index in [1.54, 1.807) is 26.2 Å². The van der Waals surface area contributed by atoms with Gasteiger partial charge < -0.3 is 24.4 Å². The molecule has 2 atom stereocenters. The molecular weight excluding hydrogens is 328 g/mol. The second-order valence-electron chi connectivity index (χ2n) is 4.39. The minimum Gasteiger partial charge on any atom is -0.490 e. The summed E-state index contributed by atoms with van der Waals surface area (Å²) < 4.78 is 16.4. The van der Waals surface area contributed by atoms with Gasteiger partial charge in [0.2, 0.25) is 0 Å². The number of aliphatic hydroxyl groups is 2. The zero-order valence-corrected chi connectivity index (χ0v) is 13.3. The predicted octanol–water partition coefficient (Wildman–Crippen LogP) is 1.91. The number of methoxy groups -OCH3 is 1. The van der Waals surface area contributed by atoms with Crippen molar-refractivity contribution < 1.29 is 24.4 Å². The van der Waals surface area contributed by atoms with Crippen molar-refractivity contribution in [3.8, 4) is 5.75 Å². The Morgan fingerprint density at radius 3 is 2.60 bits per heavy atom. The second-order valence-corrected chi connectivity index (χ2v) is 5.31. The molecule has 0 aliphatic heterocycles. The highest BCUT2D eigenvalue weighted by atomic mass is 79.9. The highest BCUT2D eigenvalue weighted by Crippen LogP contribution is 2.28. The van der Waals surface area contributed by atoms with Gasteiger partial charge in [-0.2, -0.15) is 0 Å². The van der Waals surface area contributed by atoms with Gasteiger partial charge >= 0.3 is 0 Å². The van der Waals surface area contributed by atoms with Crippen LogP contribution >= 0.6 is 15.9 Å². The van der Waals surface area contributed by atoms with Crippen molar-refractivity contribution in [1.29, 1.82) is 0 Å². The van der Waals surface area contributed by atoms with Gasteiger partial charge in [0, 0.05) is 17.1 Å². The zero-order valence-electron chi connectivity index (χ0n) is 11.7. The first-order valence-corrected chi connectivity index (χ1v) is 7.19. The van der Waals surface area contributed by atoms with E-state index in [2.05, 4.69) is 15.9 Å². The molecule has 0 saturated carbocycles. The van der Waals surface area contributed by atoms with Crippen LogP contribution in [0.25, 0.3) is 0 Å². The Bertz CT molecular complexity index is 397. The van der Waals surface area contributed by atoms with Crippen molar-refractivity contribution in [2.24, 2.45) is 0 Å². The Kier molecular flexibility index (Phi) is 8.09. The van der Waals surface area contributed by atoms with E-state index >= 15 is 0 Å². The van der Waals surface area contributed by atoms with E-state index in [1.807, 2.05) is 6.07 Å². The summed E-state index contributed by atoms with van der Waals surface area (Å²) in [5, 5.41) is 19.4. The second kappa shape index (κ2) is 9.31. The van der Waals surface area contributed by atoms with Crippen LogP contribution in [0.5, 0.6) is 5.75 Å². The summed E-state index contributed by atoms with van der Waals surface area (Å²) >= 11 is 3.35. The van der Waals surface area contributed by atoms with Crippen LogP contribution < -0.4 is 4.74 Å². The fourth-order valence-corrected chi connectivity index (χ4v) is 1.95. The first-order chi connectivity index (χ1) is 9.54. The third-order valence-corrected chi connectivity index (χ3v) is 3.09. The lowest BCUT2D eigenvalue weighted by Crippen LogP contribution is -2.24. The van der Waals surface area contributed by atoms with Crippen molar-refractivity contribution >= 4 is 15.9 Å². The molecule has 6 heteroatoms. The molecule has 0 bridgehead atoms.